The maximum atomic E-state index is 14.2. The molecule has 10 heteroatoms. The quantitative estimate of drug-likeness (QED) is 0.434. The molecule has 1 aromatic carbocycles. The molecular weight excluding hydrogens is 440 g/mol. The van der Waals surface area contributed by atoms with Gasteiger partial charge in [0.25, 0.3) is 5.56 Å². The summed E-state index contributed by atoms with van der Waals surface area (Å²) in [7, 11) is -0.238. The highest BCUT2D eigenvalue weighted by molar-refractivity contribution is 7.89. The molecule has 1 unspecified atom stereocenters. The standard InChI is InChI=1S/C22H27F2N3O4S/c1-6-32(29,30)26-14(2)7-9-20(31-21-10-8-17(23)12-18(21)24)15(3)16-11-19(25-4)22(28)27(5)13-16/h7-13,15,25-26H,6H2,1-5H3/b14-7+,20-9+. The first-order valence-corrected chi connectivity index (χ1v) is 11.5. The van der Waals surface area contributed by atoms with Crippen molar-refractivity contribution in [1.29, 1.82) is 0 Å². The van der Waals surface area contributed by atoms with E-state index >= 15 is 0 Å². The van der Waals surface area contributed by atoms with E-state index in [-0.39, 0.29) is 22.8 Å². The van der Waals surface area contributed by atoms with Crippen molar-refractivity contribution in [3.8, 4) is 5.75 Å². The van der Waals surface area contributed by atoms with Crippen LogP contribution in [0.1, 0.15) is 32.3 Å². The first kappa shape index (κ1) is 25.1. The van der Waals surface area contributed by atoms with Gasteiger partial charge in [0, 0.05) is 38.0 Å². The maximum Gasteiger partial charge on any atom is 0.273 e. The number of nitrogens with one attached hydrogen (secondary N) is 2. The number of nitrogens with zero attached hydrogens (tertiary/aromatic N) is 1. The van der Waals surface area contributed by atoms with Gasteiger partial charge in [-0.25, -0.2) is 17.2 Å². The Labute approximate surface area is 186 Å². The lowest BCUT2D eigenvalue weighted by Crippen LogP contribution is -2.23. The molecule has 0 fully saturated rings. The second kappa shape index (κ2) is 10.4. The van der Waals surface area contributed by atoms with E-state index in [0.717, 1.165) is 6.07 Å². The third kappa shape index (κ3) is 6.43. The fourth-order valence-electron chi connectivity index (χ4n) is 2.83. The van der Waals surface area contributed by atoms with E-state index in [9.17, 15) is 22.0 Å². The largest absolute Gasteiger partial charge is 0.458 e. The first-order valence-electron chi connectivity index (χ1n) is 9.87. The fraction of sp³-hybridized carbons (Fsp3) is 0.318. The Morgan fingerprint density at radius 3 is 2.53 bits per heavy atom. The molecule has 1 aromatic heterocycles. The van der Waals surface area contributed by atoms with Crippen LogP contribution < -0.4 is 20.3 Å². The van der Waals surface area contributed by atoms with E-state index in [1.54, 1.807) is 40.2 Å². The highest BCUT2D eigenvalue weighted by atomic mass is 32.2. The number of anilines is 1. The van der Waals surface area contributed by atoms with Crippen molar-refractivity contribution in [2.75, 3.05) is 18.1 Å². The van der Waals surface area contributed by atoms with Crippen LogP contribution in [-0.4, -0.2) is 25.8 Å². The van der Waals surface area contributed by atoms with E-state index in [4.69, 9.17) is 4.74 Å². The summed E-state index contributed by atoms with van der Waals surface area (Å²) < 4.78 is 60.7. The number of hydrogen-bond acceptors (Lipinski definition) is 5. The van der Waals surface area contributed by atoms with Gasteiger partial charge in [-0.15, -0.1) is 0 Å². The molecule has 0 radical (unpaired) electrons. The van der Waals surface area contributed by atoms with Crippen molar-refractivity contribution < 1.29 is 21.9 Å². The van der Waals surface area contributed by atoms with Gasteiger partial charge in [0.2, 0.25) is 10.0 Å². The van der Waals surface area contributed by atoms with Gasteiger partial charge in [0.1, 0.15) is 17.3 Å². The van der Waals surface area contributed by atoms with Gasteiger partial charge in [-0.3, -0.25) is 9.52 Å². The van der Waals surface area contributed by atoms with Crippen LogP contribution in [0.15, 0.2) is 58.9 Å². The number of halogens is 2. The number of benzene rings is 1. The summed E-state index contributed by atoms with van der Waals surface area (Å²) in [4.78, 5) is 12.2. The van der Waals surface area contributed by atoms with Crippen LogP contribution in [0.4, 0.5) is 14.5 Å². The van der Waals surface area contributed by atoms with Gasteiger partial charge < -0.3 is 14.6 Å². The maximum absolute atomic E-state index is 14.2. The molecule has 32 heavy (non-hydrogen) atoms. The zero-order valence-electron chi connectivity index (χ0n) is 18.6. The summed E-state index contributed by atoms with van der Waals surface area (Å²) in [5.41, 5.74) is 1.16. The molecule has 2 aromatic rings. The second-order valence-corrected chi connectivity index (χ2v) is 9.19. The lowest BCUT2D eigenvalue weighted by atomic mass is 9.99. The number of aromatic nitrogens is 1. The van der Waals surface area contributed by atoms with Crippen LogP contribution >= 0.6 is 0 Å². The molecule has 2 N–H and O–H groups in total. The second-order valence-electron chi connectivity index (χ2n) is 7.18. The number of sulfonamides is 1. The lowest BCUT2D eigenvalue weighted by Gasteiger charge is -2.19. The smallest absolute Gasteiger partial charge is 0.273 e. The minimum Gasteiger partial charge on any atom is -0.458 e. The van der Waals surface area contributed by atoms with E-state index in [2.05, 4.69) is 10.0 Å². The van der Waals surface area contributed by atoms with Gasteiger partial charge in [-0.1, -0.05) is 6.92 Å². The summed E-state index contributed by atoms with van der Waals surface area (Å²) in [6.45, 7) is 4.86. The number of rotatable bonds is 9. The molecule has 7 nitrogen and oxygen atoms in total. The summed E-state index contributed by atoms with van der Waals surface area (Å²) in [5, 5.41) is 2.83. The van der Waals surface area contributed by atoms with Crippen molar-refractivity contribution in [1.82, 2.24) is 9.29 Å². The van der Waals surface area contributed by atoms with Gasteiger partial charge in [-0.05, 0) is 49.8 Å². The van der Waals surface area contributed by atoms with Gasteiger partial charge in [-0.2, -0.15) is 0 Å². The zero-order chi connectivity index (χ0) is 24.1. The highest BCUT2D eigenvalue weighted by Crippen LogP contribution is 2.29. The fourth-order valence-corrected chi connectivity index (χ4v) is 3.53. The average molecular weight is 468 g/mol. The summed E-state index contributed by atoms with van der Waals surface area (Å²) in [6.07, 6.45) is 4.62. The molecule has 2 rings (SSSR count). The zero-order valence-corrected chi connectivity index (χ0v) is 19.4. The predicted molar refractivity (Wildman–Crippen MR) is 121 cm³/mol. The summed E-state index contributed by atoms with van der Waals surface area (Å²) >= 11 is 0. The average Bonchev–Trinajstić information content (AvgIpc) is 2.73. The van der Waals surface area contributed by atoms with Crippen molar-refractivity contribution in [2.45, 2.75) is 26.7 Å². The highest BCUT2D eigenvalue weighted by Gasteiger charge is 2.18. The van der Waals surface area contributed by atoms with Gasteiger partial charge in [0.05, 0.1) is 5.75 Å². The third-order valence-corrected chi connectivity index (χ3v) is 6.11. The van der Waals surface area contributed by atoms with Crippen LogP contribution in [0.2, 0.25) is 0 Å². The Kier molecular flexibility index (Phi) is 8.20. The Morgan fingerprint density at radius 2 is 1.94 bits per heavy atom. The minimum atomic E-state index is -3.47. The van der Waals surface area contributed by atoms with Gasteiger partial charge in [0.15, 0.2) is 11.6 Å². The SMILES string of the molecule is CCS(=O)(=O)N/C(C)=C/C=C(/Oc1ccc(F)cc1F)C(C)c1cc(NC)c(=O)n(C)c1. The molecule has 0 aliphatic heterocycles. The normalized spacial score (nSPS) is 13.6. The number of aryl methyl sites for hydroxylation is 1. The molecule has 174 valence electrons. The number of ether oxygens (including phenoxy) is 1. The van der Waals surface area contributed by atoms with Crippen molar-refractivity contribution in [3.63, 3.8) is 0 Å². The Bertz CT molecular complexity index is 1200. The van der Waals surface area contributed by atoms with Crippen LogP contribution in [0.25, 0.3) is 0 Å². The van der Waals surface area contributed by atoms with Crippen molar-refractivity contribution in [2.24, 2.45) is 7.05 Å². The molecule has 0 bridgehead atoms. The molecule has 0 amide bonds. The minimum absolute atomic E-state index is 0.0900. The summed E-state index contributed by atoms with van der Waals surface area (Å²) in [5.74, 6) is -2.12. The monoisotopic (exact) mass is 467 g/mol. The number of allylic oxidation sites excluding steroid dienone is 4. The van der Waals surface area contributed by atoms with Crippen LogP contribution in [0.5, 0.6) is 5.75 Å². The molecule has 1 heterocycles. The van der Waals surface area contributed by atoms with E-state index in [1.807, 2.05) is 0 Å². The lowest BCUT2D eigenvalue weighted by molar-refractivity contribution is 0.366. The first-order chi connectivity index (χ1) is 15.0. The van der Waals surface area contributed by atoms with E-state index in [0.29, 0.717) is 23.0 Å². The Balaban J connectivity index is 2.52. The molecule has 0 spiro atoms. The Hall–Kier alpha value is -3.14. The molecule has 1 atom stereocenters. The van der Waals surface area contributed by atoms with Gasteiger partial charge >= 0.3 is 0 Å². The molecule has 0 saturated heterocycles. The topological polar surface area (TPSA) is 89.4 Å². The van der Waals surface area contributed by atoms with Crippen LogP contribution in [0.3, 0.4) is 0 Å². The van der Waals surface area contributed by atoms with Crippen LogP contribution in [-0.2, 0) is 17.1 Å². The Morgan fingerprint density at radius 1 is 1.25 bits per heavy atom. The molecule has 0 aliphatic rings. The third-order valence-electron chi connectivity index (χ3n) is 4.72. The van der Waals surface area contributed by atoms with Crippen LogP contribution in [0, 0.1) is 11.6 Å². The number of pyridine rings is 1. The molecule has 0 saturated carbocycles. The molecule has 0 aliphatic carbocycles. The van der Waals surface area contributed by atoms with Crippen molar-refractivity contribution in [3.05, 3.63) is 81.6 Å². The molecular formula is C22H27F2N3O4S. The summed E-state index contributed by atoms with van der Waals surface area (Å²) in [6, 6.07) is 4.60. The van der Waals surface area contributed by atoms with Crippen molar-refractivity contribution >= 4 is 15.7 Å². The van der Waals surface area contributed by atoms with E-state index in [1.165, 1.54) is 29.7 Å². The van der Waals surface area contributed by atoms with E-state index < -0.39 is 27.6 Å². The number of hydrogen-bond donors (Lipinski definition) is 2. The predicted octanol–water partition coefficient (Wildman–Crippen LogP) is 3.61.